The van der Waals surface area contributed by atoms with Crippen LogP contribution in [0, 0.1) is 0 Å². The topological polar surface area (TPSA) is 45.4 Å². The Bertz CT molecular complexity index is 507. The number of hydrogen-bond acceptors (Lipinski definition) is 3. The molecule has 0 saturated heterocycles. The Balaban J connectivity index is 2.07. The second kappa shape index (κ2) is 7.27. The Morgan fingerprint density at radius 3 is 2.50 bits per heavy atom. The van der Waals surface area contributed by atoms with Gasteiger partial charge in [-0.25, -0.2) is 0 Å². The molecule has 3 nitrogen and oxygen atoms in total. The van der Waals surface area contributed by atoms with Crippen LogP contribution in [0.1, 0.15) is 49.4 Å². The van der Waals surface area contributed by atoms with E-state index in [2.05, 4.69) is 31.3 Å². The normalized spacial score (nSPS) is 14.2. The van der Waals surface area contributed by atoms with E-state index in [9.17, 15) is 5.11 Å². The van der Waals surface area contributed by atoms with Crippen LogP contribution in [-0.4, -0.2) is 11.7 Å². The van der Waals surface area contributed by atoms with Gasteiger partial charge < -0.3 is 14.8 Å². The quantitative estimate of drug-likeness (QED) is 0.810. The van der Waals surface area contributed by atoms with Crippen molar-refractivity contribution < 1.29 is 9.52 Å². The van der Waals surface area contributed by atoms with Crippen LogP contribution >= 0.6 is 0 Å². The fourth-order valence-electron chi connectivity index (χ4n) is 2.36. The molecule has 0 amide bonds. The number of nitrogens with one attached hydrogen (secondary N) is 1. The predicted octanol–water partition coefficient (Wildman–Crippen LogP) is 3.62. The van der Waals surface area contributed by atoms with Crippen molar-refractivity contribution in [3.63, 3.8) is 0 Å². The summed E-state index contributed by atoms with van der Waals surface area (Å²) in [5.41, 5.74) is 1.19. The molecule has 2 aromatic rings. The standard InChI is InChI=1S/C17H23NO2/c1-3-15-9-10-17(20-15)13(2)18-16(11-12-19)14-7-5-4-6-8-14/h4-10,13,16,18-19H,3,11-12H2,1-2H3/t13?,16-/m1/s1. The summed E-state index contributed by atoms with van der Waals surface area (Å²) in [4.78, 5) is 0. The second-order valence-corrected chi connectivity index (χ2v) is 5.02. The Labute approximate surface area is 120 Å². The van der Waals surface area contributed by atoms with E-state index in [0.717, 1.165) is 17.9 Å². The van der Waals surface area contributed by atoms with Crippen molar-refractivity contribution in [3.8, 4) is 0 Å². The van der Waals surface area contributed by atoms with Crippen LogP contribution < -0.4 is 5.32 Å². The van der Waals surface area contributed by atoms with E-state index in [-0.39, 0.29) is 18.7 Å². The van der Waals surface area contributed by atoms with Crippen molar-refractivity contribution in [2.24, 2.45) is 0 Å². The van der Waals surface area contributed by atoms with Crippen molar-refractivity contribution >= 4 is 0 Å². The van der Waals surface area contributed by atoms with E-state index in [1.54, 1.807) is 0 Å². The molecule has 0 fully saturated rings. The van der Waals surface area contributed by atoms with Gasteiger partial charge >= 0.3 is 0 Å². The number of benzene rings is 1. The molecule has 20 heavy (non-hydrogen) atoms. The lowest BCUT2D eigenvalue weighted by atomic mass is 10.0. The lowest BCUT2D eigenvalue weighted by Crippen LogP contribution is -2.25. The van der Waals surface area contributed by atoms with Crippen molar-refractivity contribution in [3.05, 3.63) is 59.5 Å². The summed E-state index contributed by atoms with van der Waals surface area (Å²) >= 11 is 0. The molecule has 2 N–H and O–H groups in total. The first kappa shape index (κ1) is 14.8. The molecule has 3 heteroatoms. The van der Waals surface area contributed by atoms with Crippen molar-refractivity contribution in [1.29, 1.82) is 0 Å². The van der Waals surface area contributed by atoms with Gasteiger partial charge in [-0.05, 0) is 31.0 Å². The highest BCUT2D eigenvalue weighted by Crippen LogP contribution is 2.23. The van der Waals surface area contributed by atoms with E-state index < -0.39 is 0 Å². The molecular formula is C17H23NO2. The lowest BCUT2D eigenvalue weighted by molar-refractivity contribution is 0.256. The summed E-state index contributed by atoms with van der Waals surface area (Å²) in [7, 11) is 0. The average molecular weight is 273 g/mol. The third-order valence-electron chi connectivity index (χ3n) is 3.53. The zero-order valence-electron chi connectivity index (χ0n) is 12.2. The zero-order valence-corrected chi connectivity index (χ0v) is 12.2. The van der Waals surface area contributed by atoms with Crippen LogP contribution in [0.2, 0.25) is 0 Å². The molecule has 0 aliphatic heterocycles. The first-order valence-corrected chi connectivity index (χ1v) is 7.25. The van der Waals surface area contributed by atoms with E-state index in [0.29, 0.717) is 6.42 Å². The van der Waals surface area contributed by atoms with E-state index in [4.69, 9.17) is 4.42 Å². The molecule has 2 rings (SSSR count). The van der Waals surface area contributed by atoms with Crippen LogP contribution in [0.5, 0.6) is 0 Å². The molecule has 1 unspecified atom stereocenters. The smallest absolute Gasteiger partial charge is 0.120 e. The summed E-state index contributed by atoms with van der Waals surface area (Å²) in [6.07, 6.45) is 1.60. The molecule has 1 aromatic heterocycles. The Hall–Kier alpha value is -1.58. The van der Waals surface area contributed by atoms with Crippen molar-refractivity contribution in [2.45, 2.75) is 38.8 Å². The summed E-state index contributed by atoms with van der Waals surface area (Å²) in [6.45, 7) is 4.34. The SMILES string of the molecule is CCc1ccc(C(C)N[C@H](CCO)c2ccccc2)o1. The number of hydrogen-bond donors (Lipinski definition) is 2. The van der Waals surface area contributed by atoms with Gasteiger partial charge in [0.1, 0.15) is 11.5 Å². The Morgan fingerprint density at radius 1 is 1.15 bits per heavy atom. The minimum absolute atomic E-state index is 0.118. The first-order valence-electron chi connectivity index (χ1n) is 7.25. The number of aliphatic hydroxyl groups is 1. The minimum atomic E-state index is 0.118. The van der Waals surface area contributed by atoms with E-state index in [1.165, 1.54) is 5.56 Å². The van der Waals surface area contributed by atoms with Gasteiger partial charge in [0.2, 0.25) is 0 Å². The van der Waals surface area contributed by atoms with E-state index >= 15 is 0 Å². The fraction of sp³-hybridized carbons (Fsp3) is 0.412. The van der Waals surface area contributed by atoms with Crippen LogP contribution in [0.4, 0.5) is 0 Å². The van der Waals surface area contributed by atoms with Crippen LogP contribution in [0.3, 0.4) is 0 Å². The summed E-state index contributed by atoms with van der Waals surface area (Å²) < 4.78 is 5.78. The predicted molar refractivity (Wildman–Crippen MR) is 80.5 cm³/mol. The van der Waals surface area contributed by atoms with Crippen molar-refractivity contribution in [1.82, 2.24) is 5.32 Å². The summed E-state index contributed by atoms with van der Waals surface area (Å²) in [6, 6.07) is 14.5. The molecule has 0 saturated carbocycles. The molecule has 0 bridgehead atoms. The highest BCUT2D eigenvalue weighted by molar-refractivity contribution is 5.20. The highest BCUT2D eigenvalue weighted by atomic mass is 16.3. The minimum Gasteiger partial charge on any atom is -0.464 e. The highest BCUT2D eigenvalue weighted by Gasteiger charge is 2.17. The lowest BCUT2D eigenvalue weighted by Gasteiger charge is -2.22. The van der Waals surface area contributed by atoms with Gasteiger partial charge in [-0.2, -0.15) is 0 Å². The van der Waals surface area contributed by atoms with Gasteiger partial charge in [-0.1, -0.05) is 37.3 Å². The molecular weight excluding hydrogens is 250 g/mol. The molecule has 0 radical (unpaired) electrons. The molecule has 1 heterocycles. The summed E-state index contributed by atoms with van der Waals surface area (Å²) in [5, 5.41) is 12.8. The summed E-state index contributed by atoms with van der Waals surface area (Å²) in [5.74, 6) is 1.95. The molecule has 0 aliphatic carbocycles. The van der Waals surface area contributed by atoms with Crippen LogP contribution in [0.15, 0.2) is 46.9 Å². The maximum Gasteiger partial charge on any atom is 0.120 e. The van der Waals surface area contributed by atoms with Gasteiger partial charge in [-0.3, -0.25) is 0 Å². The number of furan rings is 1. The van der Waals surface area contributed by atoms with Crippen molar-refractivity contribution in [2.75, 3.05) is 6.61 Å². The van der Waals surface area contributed by atoms with E-state index in [1.807, 2.05) is 30.3 Å². The van der Waals surface area contributed by atoms with Crippen LogP contribution in [-0.2, 0) is 6.42 Å². The molecule has 1 aromatic carbocycles. The third-order valence-corrected chi connectivity index (χ3v) is 3.53. The maximum absolute atomic E-state index is 9.26. The van der Waals surface area contributed by atoms with Gasteiger partial charge in [0.25, 0.3) is 0 Å². The number of aliphatic hydroxyl groups excluding tert-OH is 1. The average Bonchev–Trinajstić information content (AvgIpc) is 2.97. The first-order chi connectivity index (χ1) is 9.74. The second-order valence-electron chi connectivity index (χ2n) is 5.02. The van der Waals surface area contributed by atoms with Gasteiger partial charge in [0, 0.05) is 19.1 Å². The molecule has 108 valence electrons. The fourth-order valence-corrected chi connectivity index (χ4v) is 2.36. The molecule has 2 atom stereocenters. The van der Waals surface area contributed by atoms with Gasteiger partial charge in [-0.15, -0.1) is 0 Å². The third kappa shape index (κ3) is 3.71. The van der Waals surface area contributed by atoms with Crippen LogP contribution in [0.25, 0.3) is 0 Å². The zero-order chi connectivity index (χ0) is 14.4. The van der Waals surface area contributed by atoms with Gasteiger partial charge in [0.05, 0.1) is 6.04 Å². The maximum atomic E-state index is 9.26. The number of rotatable bonds is 7. The van der Waals surface area contributed by atoms with Gasteiger partial charge in [0.15, 0.2) is 0 Å². The monoisotopic (exact) mass is 273 g/mol. The molecule has 0 spiro atoms. The number of aryl methyl sites for hydroxylation is 1. The largest absolute Gasteiger partial charge is 0.464 e. The Kier molecular flexibility index (Phi) is 5.39. The molecule has 0 aliphatic rings. The Morgan fingerprint density at radius 2 is 1.90 bits per heavy atom.